The molecule has 0 radical (unpaired) electrons. The van der Waals surface area contributed by atoms with E-state index < -0.39 is 0 Å². The Morgan fingerprint density at radius 2 is 1.68 bits per heavy atom. The van der Waals surface area contributed by atoms with E-state index in [1.807, 2.05) is 4.90 Å². The number of anilines is 1. The van der Waals surface area contributed by atoms with Crippen LogP contribution < -0.4 is 4.90 Å². The molecule has 0 atom stereocenters. The monoisotopic (exact) mass is 478 g/mol. The Hall–Kier alpha value is -3.07. The Morgan fingerprint density at radius 3 is 2.41 bits per heavy atom. The third-order valence-corrected chi connectivity index (χ3v) is 7.44. The number of aromatic amines is 1. The van der Waals surface area contributed by atoms with Crippen molar-refractivity contribution in [3.05, 3.63) is 53.3 Å². The van der Waals surface area contributed by atoms with Gasteiger partial charge in [0.05, 0.1) is 11.4 Å². The maximum Gasteiger partial charge on any atom is 0.270 e. The van der Waals surface area contributed by atoms with Crippen molar-refractivity contribution >= 4 is 29.4 Å². The molecule has 0 bridgehead atoms. The lowest BCUT2D eigenvalue weighted by molar-refractivity contribution is 0.0787. The summed E-state index contributed by atoms with van der Waals surface area (Å²) >= 11 is 1.38. The number of thioether (sulfide) groups is 1. The molecule has 4 heterocycles. The number of aromatic nitrogens is 4. The fourth-order valence-electron chi connectivity index (χ4n) is 4.56. The predicted molar refractivity (Wildman–Crippen MR) is 133 cm³/mol. The SMILES string of the molecule is Cc1ccc(-n2c(SCC(=O)c3c[nH]c(C(=O)N4CCCC4)c3)nnc2N2CCCCC2)cc1. The van der Waals surface area contributed by atoms with E-state index in [0.717, 1.165) is 63.5 Å². The summed E-state index contributed by atoms with van der Waals surface area (Å²) < 4.78 is 2.06. The third kappa shape index (κ3) is 4.75. The molecule has 178 valence electrons. The highest BCUT2D eigenvalue weighted by atomic mass is 32.2. The standard InChI is InChI=1S/C25H30N6O2S/c1-18-7-9-20(10-8-18)31-24(30-13-3-2-4-14-30)27-28-25(31)34-17-22(32)19-15-21(26-16-19)23(33)29-11-5-6-12-29/h7-10,15-16,26H,2-6,11-14,17H2,1H3. The second-order valence-corrected chi connectivity index (χ2v) is 9.96. The largest absolute Gasteiger partial charge is 0.356 e. The van der Waals surface area contributed by atoms with Gasteiger partial charge in [-0.2, -0.15) is 0 Å². The van der Waals surface area contributed by atoms with Gasteiger partial charge in [0, 0.05) is 37.9 Å². The van der Waals surface area contributed by atoms with Crippen molar-refractivity contribution in [2.24, 2.45) is 0 Å². The van der Waals surface area contributed by atoms with Gasteiger partial charge in [0.1, 0.15) is 5.69 Å². The number of carbonyl (C=O) groups excluding carboxylic acids is 2. The number of hydrogen-bond acceptors (Lipinski definition) is 6. The summed E-state index contributed by atoms with van der Waals surface area (Å²) in [6.07, 6.45) is 7.24. The number of nitrogens with one attached hydrogen (secondary N) is 1. The quantitative estimate of drug-likeness (QED) is 0.406. The van der Waals surface area contributed by atoms with E-state index in [-0.39, 0.29) is 17.4 Å². The van der Waals surface area contributed by atoms with Crippen LogP contribution in [0.25, 0.3) is 5.69 Å². The minimum absolute atomic E-state index is 0.0329. The van der Waals surface area contributed by atoms with Crippen LogP contribution in [-0.2, 0) is 0 Å². The van der Waals surface area contributed by atoms with Gasteiger partial charge in [-0.05, 0) is 57.2 Å². The lowest BCUT2D eigenvalue weighted by atomic mass is 10.1. The fourth-order valence-corrected chi connectivity index (χ4v) is 5.40. The average molecular weight is 479 g/mol. The molecule has 2 aliphatic heterocycles. The van der Waals surface area contributed by atoms with Crippen molar-refractivity contribution in [3.8, 4) is 5.69 Å². The summed E-state index contributed by atoms with van der Waals surface area (Å²) in [6.45, 7) is 5.56. The maximum atomic E-state index is 12.9. The number of likely N-dealkylation sites (tertiary alicyclic amines) is 1. The van der Waals surface area contributed by atoms with E-state index in [0.29, 0.717) is 16.4 Å². The van der Waals surface area contributed by atoms with Crippen LogP contribution in [0.5, 0.6) is 0 Å². The number of amides is 1. The zero-order valence-electron chi connectivity index (χ0n) is 19.5. The lowest BCUT2D eigenvalue weighted by Crippen LogP contribution is -2.31. The first-order valence-electron chi connectivity index (χ1n) is 12.0. The molecule has 2 aromatic heterocycles. The van der Waals surface area contributed by atoms with Gasteiger partial charge in [-0.1, -0.05) is 29.5 Å². The number of piperidine rings is 1. The summed E-state index contributed by atoms with van der Waals surface area (Å²) in [5.41, 5.74) is 3.18. The Bertz CT molecular complexity index is 1160. The average Bonchev–Trinajstić information content (AvgIpc) is 3.64. The zero-order chi connectivity index (χ0) is 23.5. The summed E-state index contributed by atoms with van der Waals surface area (Å²) in [6, 6.07) is 9.97. The molecule has 3 aromatic rings. The molecule has 2 aliphatic rings. The van der Waals surface area contributed by atoms with Crippen molar-refractivity contribution in [1.82, 2.24) is 24.6 Å². The third-order valence-electron chi connectivity index (χ3n) is 6.51. The van der Waals surface area contributed by atoms with Gasteiger partial charge in [0.2, 0.25) is 5.95 Å². The number of aryl methyl sites for hydroxylation is 1. The summed E-state index contributed by atoms with van der Waals surface area (Å²) in [4.78, 5) is 32.6. The van der Waals surface area contributed by atoms with Crippen LogP contribution >= 0.6 is 11.8 Å². The normalized spacial score (nSPS) is 16.3. The van der Waals surface area contributed by atoms with Crippen molar-refractivity contribution in [2.75, 3.05) is 36.8 Å². The molecule has 0 unspecified atom stereocenters. The molecule has 0 spiro atoms. The number of H-pyrrole nitrogens is 1. The van der Waals surface area contributed by atoms with Gasteiger partial charge in [-0.25, -0.2) is 0 Å². The minimum atomic E-state index is -0.0419. The molecule has 1 aromatic carbocycles. The van der Waals surface area contributed by atoms with Gasteiger partial charge >= 0.3 is 0 Å². The van der Waals surface area contributed by atoms with Gasteiger partial charge < -0.3 is 14.8 Å². The number of ketones is 1. The molecule has 9 heteroatoms. The lowest BCUT2D eigenvalue weighted by Gasteiger charge is -2.27. The van der Waals surface area contributed by atoms with Crippen molar-refractivity contribution < 1.29 is 9.59 Å². The molecule has 34 heavy (non-hydrogen) atoms. The summed E-state index contributed by atoms with van der Waals surface area (Å²) in [5, 5.41) is 9.66. The summed E-state index contributed by atoms with van der Waals surface area (Å²) in [5.74, 6) is 0.979. The van der Waals surface area contributed by atoms with Gasteiger partial charge in [-0.15, -0.1) is 10.2 Å². The number of hydrogen-bond donors (Lipinski definition) is 1. The number of rotatable bonds is 7. The first-order chi connectivity index (χ1) is 16.6. The zero-order valence-corrected chi connectivity index (χ0v) is 20.3. The van der Waals surface area contributed by atoms with Crippen LogP contribution in [0.3, 0.4) is 0 Å². The highest BCUT2D eigenvalue weighted by Gasteiger charge is 2.24. The highest BCUT2D eigenvalue weighted by Crippen LogP contribution is 2.29. The van der Waals surface area contributed by atoms with E-state index >= 15 is 0 Å². The molecule has 1 N–H and O–H groups in total. The topological polar surface area (TPSA) is 87.1 Å². The smallest absolute Gasteiger partial charge is 0.270 e. The van der Waals surface area contributed by atoms with E-state index in [1.54, 1.807) is 12.3 Å². The molecule has 0 saturated carbocycles. The van der Waals surface area contributed by atoms with Crippen LogP contribution in [-0.4, -0.2) is 68.3 Å². The number of benzene rings is 1. The van der Waals surface area contributed by atoms with Crippen LogP contribution in [0.1, 0.15) is 58.5 Å². The summed E-state index contributed by atoms with van der Waals surface area (Å²) in [7, 11) is 0. The van der Waals surface area contributed by atoms with Gasteiger partial charge in [-0.3, -0.25) is 14.2 Å². The molecule has 5 rings (SSSR count). The molecule has 8 nitrogen and oxygen atoms in total. The molecule has 1 amide bonds. The highest BCUT2D eigenvalue weighted by molar-refractivity contribution is 7.99. The maximum absolute atomic E-state index is 12.9. The molecule has 2 fully saturated rings. The molecular formula is C25H30N6O2S. The Balaban J connectivity index is 1.33. The van der Waals surface area contributed by atoms with Gasteiger partial charge in [0.25, 0.3) is 5.91 Å². The van der Waals surface area contributed by atoms with E-state index in [2.05, 4.69) is 55.8 Å². The second kappa shape index (κ2) is 10.0. The van der Waals surface area contributed by atoms with Gasteiger partial charge in [0.15, 0.2) is 10.9 Å². The van der Waals surface area contributed by atoms with Crippen molar-refractivity contribution in [2.45, 2.75) is 44.2 Å². The van der Waals surface area contributed by atoms with E-state index in [1.165, 1.54) is 23.7 Å². The first-order valence-corrected chi connectivity index (χ1v) is 13.0. The predicted octanol–water partition coefficient (Wildman–Crippen LogP) is 4.11. The molecule has 2 saturated heterocycles. The van der Waals surface area contributed by atoms with Crippen LogP contribution in [0, 0.1) is 6.92 Å². The van der Waals surface area contributed by atoms with E-state index in [4.69, 9.17) is 0 Å². The second-order valence-electron chi connectivity index (χ2n) is 9.01. The Labute approximate surface area is 203 Å². The Kier molecular flexibility index (Phi) is 6.71. The molecular weight excluding hydrogens is 448 g/mol. The fraction of sp³-hybridized carbons (Fsp3) is 0.440. The minimum Gasteiger partial charge on any atom is -0.356 e. The van der Waals surface area contributed by atoms with Crippen molar-refractivity contribution in [1.29, 1.82) is 0 Å². The van der Waals surface area contributed by atoms with Crippen LogP contribution in [0.15, 0.2) is 41.7 Å². The van der Waals surface area contributed by atoms with Crippen LogP contribution in [0.4, 0.5) is 5.95 Å². The number of nitrogens with zero attached hydrogens (tertiary/aromatic N) is 5. The molecule has 0 aliphatic carbocycles. The van der Waals surface area contributed by atoms with Crippen LogP contribution in [0.2, 0.25) is 0 Å². The Morgan fingerprint density at radius 1 is 0.971 bits per heavy atom. The van der Waals surface area contributed by atoms with E-state index in [9.17, 15) is 9.59 Å². The van der Waals surface area contributed by atoms with Crippen molar-refractivity contribution in [3.63, 3.8) is 0 Å². The number of Topliss-reactive ketones (excluding diaryl/α,β-unsaturated/α-hetero) is 1. The number of carbonyl (C=O) groups is 2. The first kappa shape index (κ1) is 22.7.